The summed E-state index contributed by atoms with van der Waals surface area (Å²) in [6, 6.07) is 3.80. The van der Waals surface area contributed by atoms with Crippen molar-refractivity contribution in [2.75, 3.05) is 39.5 Å². The minimum atomic E-state index is 0. The molecule has 2 heterocycles. The number of hydrogen-bond acceptors (Lipinski definition) is 4. The van der Waals surface area contributed by atoms with Crippen molar-refractivity contribution in [3.63, 3.8) is 0 Å². The van der Waals surface area contributed by atoms with E-state index < -0.39 is 0 Å². The van der Waals surface area contributed by atoms with Crippen molar-refractivity contribution in [2.45, 2.75) is 32.3 Å². The lowest BCUT2D eigenvalue weighted by Gasteiger charge is -2.12. The van der Waals surface area contributed by atoms with E-state index in [2.05, 4.69) is 27.5 Å². The monoisotopic (exact) mass is 482 g/mol. The second-order valence-corrected chi connectivity index (χ2v) is 6.02. The zero-order valence-electron chi connectivity index (χ0n) is 14.7. The summed E-state index contributed by atoms with van der Waals surface area (Å²) in [5.41, 5.74) is 1.15. The Morgan fingerprint density at radius 3 is 3.00 bits per heavy atom. The maximum absolute atomic E-state index is 5.79. The number of ether oxygens (including phenoxy) is 2. The summed E-state index contributed by atoms with van der Waals surface area (Å²) in [7, 11) is 0. The van der Waals surface area contributed by atoms with Crippen LogP contribution < -0.4 is 10.6 Å². The molecular weight excluding hydrogens is 455 g/mol. The third kappa shape index (κ3) is 9.58. The molecule has 1 unspecified atom stereocenters. The number of aromatic nitrogens is 1. The third-order valence-electron chi connectivity index (χ3n) is 3.65. The molecule has 0 bridgehead atoms. The lowest BCUT2D eigenvalue weighted by atomic mass is 10.2. The van der Waals surface area contributed by atoms with Crippen LogP contribution in [0.3, 0.4) is 0 Å². The van der Waals surface area contributed by atoms with Crippen LogP contribution in [0.25, 0.3) is 0 Å². The van der Waals surface area contributed by atoms with Gasteiger partial charge in [-0.1, -0.05) is 17.7 Å². The number of aliphatic imine (C=N–C) groups is 1. The molecule has 1 aromatic heterocycles. The predicted octanol–water partition coefficient (Wildman–Crippen LogP) is 2.65. The first-order valence-corrected chi connectivity index (χ1v) is 8.97. The molecule has 0 saturated carbocycles. The number of nitrogens with zero attached hydrogens (tertiary/aromatic N) is 2. The molecule has 1 atom stereocenters. The van der Waals surface area contributed by atoms with E-state index in [0.717, 1.165) is 70.2 Å². The first-order valence-electron chi connectivity index (χ1n) is 8.60. The van der Waals surface area contributed by atoms with Gasteiger partial charge in [0.1, 0.15) is 5.15 Å². The lowest BCUT2D eigenvalue weighted by molar-refractivity contribution is 0.0424. The summed E-state index contributed by atoms with van der Waals surface area (Å²) in [4.78, 5) is 8.65. The van der Waals surface area contributed by atoms with E-state index in [1.165, 1.54) is 0 Å². The number of nitrogens with one attached hydrogen (secondary N) is 2. The second-order valence-electron chi connectivity index (χ2n) is 5.64. The average Bonchev–Trinajstić information content (AvgIpc) is 3.10. The fraction of sp³-hybridized carbons (Fsp3) is 0.647. The van der Waals surface area contributed by atoms with E-state index in [1.54, 1.807) is 6.20 Å². The SMILES string of the molecule is CCNC(=NCCCOC1CCOC1)NCCc1ccc(Cl)nc1.I. The molecule has 1 aliphatic rings. The molecule has 1 aliphatic heterocycles. The Labute approximate surface area is 172 Å². The molecule has 0 radical (unpaired) electrons. The minimum absolute atomic E-state index is 0. The molecule has 0 aliphatic carbocycles. The Balaban J connectivity index is 0.00000312. The van der Waals surface area contributed by atoms with Gasteiger partial charge in [-0.25, -0.2) is 4.98 Å². The van der Waals surface area contributed by atoms with Crippen molar-refractivity contribution in [3.05, 3.63) is 29.0 Å². The summed E-state index contributed by atoms with van der Waals surface area (Å²) in [5.74, 6) is 0.837. The highest BCUT2D eigenvalue weighted by Crippen LogP contribution is 2.08. The molecule has 0 aromatic carbocycles. The Hall–Kier alpha value is -0.640. The zero-order valence-corrected chi connectivity index (χ0v) is 17.8. The van der Waals surface area contributed by atoms with Crippen molar-refractivity contribution in [1.82, 2.24) is 15.6 Å². The van der Waals surface area contributed by atoms with E-state index in [4.69, 9.17) is 21.1 Å². The van der Waals surface area contributed by atoms with Gasteiger partial charge in [-0.2, -0.15) is 0 Å². The van der Waals surface area contributed by atoms with Crippen LogP contribution in [0.2, 0.25) is 5.15 Å². The molecule has 1 fully saturated rings. The topological polar surface area (TPSA) is 67.8 Å². The third-order valence-corrected chi connectivity index (χ3v) is 3.88. The zero-order chi connectivity index (χ0) is 17.0. The second kappa shape index (κ2) is 13.5. The molecule has 1 aromatic rings. The summed E-state index contributed by atoms with van der Waals surface area (Å²) < 4.78 is 11.0. The summed E-state index contributed by atoms with van der Waals surface area (Å²) in [6.45, 7) is 6.71. The van der Waals surface area contributed by atoms with Gasteiger partial charge in [0, 0.05) is 39.0 Å². The maximum Gasteiger partial charge on any atom is 0.191 e. The molecule has 142 valence electrons. The molecule has 2 rings (SSSR count). The largest absolute Gasteiger partial charge is 0.379 e. The van der Waals surface area contributed by atoms with Gasteiger partial charge in [-0.3, -0.25) is 4.99 Å². The van der Waals surface area contributed by atoms with Gasteiger partial charge >= 0.3 is 0 Å². The summed E-state index contributed by atoms with van der Waals surface area (Å²) in [5, 5.41) is 7.11. The van der Waals surface area contributed by atoms with E-state index in [9.17, 15) is 0 Å². The summed E-state index contributed by atoms with van der Waals surface area (Å²) in [6.07, 6.45) is 4.87. The Morgan fingerprint density at radius 1 is 1.44 bits per heavy atom. The summed E-state index contributed by atoms with van der Waals surface area (Å²) >= 11 is 5.79. The standard InChI is InChI=1S/C17H27ClN4O2.HI/c1-2-19-17(20-8-3-10-24-15-7-11-23-13-15)21-9-6-14-4-5-16(18)22-12-14;/h4-5,12,15H,2-3,6-11,13H2,1H3,(H2,19,20,21);1H. The molecule has 1 saturated heterocycles. The van der Waals surface area contributed by atoms with Gasteiger partial charge in [-0.15, -0.1) is 24.0 Å². The van der Waals surface area contributed by atoms with Gasteiger partial charge in [0.05, 0.1) is 12.7 Å². The Morgan fingerprint density at radius 2 is 2.32 bits per heavy atom. The Kier molecular flexibility index (Phi) is 12.1. The number of rotatable bonds is 9. The van der Waals surface area contributed by atoms with Crippen LogP contribution in [0.5, 0.6) is 0 Å². The molecule has 6 nitrogen and oxygen atoms in total. The average molecular weight is 483 g/mol. The Bertz CT molecular complexity index is 496. The highest BCUT2D eigenvalue weighted by molar-refractivity contribution is 14.0. The number of hydrogen-bond donors (Lipinski definition) is 2. The number of halogens is 2. The van der Waals surface area contributed by atoms with Gasteiger partial charge in [0.15, 0.2) is 5.96 Å². The number of guanidine groups is 1. The van der Waals surface area contributed by atoms with Crippen LogP contribution in [0.4, 0.5) is 0 Å². The molecule has 2 N–H and O–H groups in total. The van der Waals surface area contributed by atoms with Crippen LogP contribution in [-0.4, -0.2) is 56.5 Å². The van der Waals surface area contributed by atoms with Crippen molar-refractivity contribution in [1.29, 1.82) is 0 Å². The molecular formula is C17H28ClIN4O2. The van der Waals surface area contributed by atoms with Crippen molar-refractivity contribution in [2.24, 2.45) is 4.99 Å². The van der Waals surface area contributed by atoms with Gasteiger partial charge in [0.25, 0.3) is 0 Å². The van der Waals surface area contributed by atoms with Crippen LogP contribution in [-0.2, 0) is 15.9 Å². The fourth-order valence-electron chi connectivity index (χ4n) is 2.37. The lowest BCUT2D eigenvalue weighted by Crippen LogP contribution is -2.38. The first-order chi connectivity index (χ1) is 11.8. The highest BCUT2D eigenvalue weighted by Gasteiger charge is 2.15. The molecule has 0 spiro atoms. The van der Waals surface area contributed by atoms with Crippen molar-refractivity contribution in [3.8, 4) is 0 Å². The van der Waals surface area contributed by atoms with Gasteiger partial charge in [0.2, 0.25) is 0 Å². The smallest absolute Gasteiger partial charge is 0.191 e. The van der Waals surface area contributed by atoms with Crippen LogP contribution in [0, 0.1) is 0 Å². The van der Waals surface area contributed by atoms with E-state index in [-0.39, 0.29) is 30.1 Å². The maximum atomic E-state index is 5.79. The number of pyridine rings is 1. The van der Waals surface area contributed by atoms with Gasteiger partial charge < -0.3 is 20.1 Å². The first kappa shape index (κ1) is 22.4. The predicted molar refractivity (Wildman–Crippen MR) is 112 cm³/mol. The van der Waals surface area contributed by atoms with E-state index in [0.29, 0.717) is 5.15 Å². The van der Waals surface area contributed by atoms with Crippen LogP contribution in [0.15, 0.2) is 23.3 Å². The quantitative estimate of drug-likeness (QED) is 0.186. The van der Waals surface area contributed by atoms with E-state index in [1.807, 2.05) is 12.1 Å². The minimum Gasteiger partial charge on any atom is -0.379 e. The van der Waals surface area contributed by atoms with Gasteiger partial charge in [-0.05, 0) is 37.8 Å². The fourth-order valence-corrected chi connectivity index (χ4v) is 2.48. The molecule has 0 amide bonds. The van der Waals surface area contributed by atoms with Crippen LogP contribution >= 0.6 is 35.6 Å². The van der Waals surface area contributed by atoms with Crippen molar-refractivity contribution < 1.29 is 9.47 Å². The van der Waals surface area contributed by atoms with Crippen molar-refractivity contribution >= 4 is 41.5 Å². The molecule has 25 heavy (non-hydrogen) atoms. The molecule has 8 heteroatoms. The normalized spacial score (nSPS) is 17.2. The van der Waals surface area contributed by atoms with Crippen LogP contribution in [0.1, 0.15) is 25.3 Å². The highest BCUT2D eigenvalue weighted by atomic mass is 127. The van der Waals surface area contributed by atoms with E-state index >= 15 is 0 Å².